The molecular formula is C24H23Cl2N3O4. The van der Waals surface area contributed by atoms with Crippen LogP contribution in [0.3, 0.4) is 0 Å². The second-order valence-electron chi connectivity index (χ2n) is 7.18. The molecule has 0 aliphatic heterocycles. The molecule has 0 aliphatic carbocycles. The van der Waals surface area contributed by atoms with Gasteiger partial charge in [-0.2, -0.15) is 0 Å². The molecule has 0 fully saturated rings. The lowest BCUT2D eigenvalue weighted by atomic mass is 10.1. The third kappa shape index (κ3) is 6.84. The highest BCUT2D eigenvalue weighted by molar-refractivity contribution is 6.43. The predicted octanol–water partition coefficient (Wildman–Crippen LogP) is 4.48. The molecule has 0 bridgehead atoms. The van der Waals surface area contributed by atoms with E-state index in [-0.39, 0.29) is 22.0 Å². The van der Waals surface area contributed by atoms with Crippen LogP contribution in [-0.4, -0.2) is 41.7 Å². The number of carbonyl (C=O) groups excluding carboxylic acids is 1. The zero-order valence-corrected chi connectivity index (χ0v) is 19.4. The monoisotopic (exact) mass is 487 g/mol. The maximum absolute atomic E-state index is 12.5. The van der Waals surface area contributed by atoms with Crippen molar-refractivity contribution in [3.05, 3.63) is 87.5 Å². The smallest absolute Gasteiger partial charge is 0.326 e. The highest BCUT2D eigenvalue weighted by Crippen LogP contribution is 2.25. The van der Waals surface area contributed by atoms with Crippen LogP contribution in [0.15, 0.2) is 60.7 Å². The number of pyridine rings is 1. The van der Waals surface area contributed by atoms with Crippen LogP contribution >= 0.6 is 23.2 Å². The van der Waals surface area contributed by atoms with Crippen LogP contribution in [-0.2, 0) is 17.6 Å². The van der Waals surface area contributed by atoms with Crippen molar-refractivity contribution in [2.24, 2.45) is 0 Å². The number of anilines is 1. The van der Waals surface area contributed by atoms with Crippen molar-refractivity contribution in [1.29, 1.82) is 0 Å². The number of carboxylic acids is 1. The first-order valence-corrected chi connectivity index (χ1v) is 11.0. The van der Waals surface area contributed by atoms with Gasteiger partial charge in [-0.15, -0.1) is 0 Å². The van der Waals surface area contributed by atoms with E-state index in [2.05, 4.69) is 15.6 Å². The molecule has 7 nitrogen and oxygen atoms in total. The maximum Gasteiger partial charge on any atom is 0.326 e. The zero-order chi connectivity index (χ0) is 23.8. The van der Waals surface area contributed by atoms with Crippen molar-refractivity contribution in [2.75, 3.05) is 19.0 Å². The van der Waals surface area contributed by atoms with Gasteiger partial charge in [0.15, 0.2) is 0 Å². The number of hydrogen-bond donors (Lipinski definition) is 3. The molecule has 3 rings (SSSR count). The van der Waals surface area contributed by atoms with Crippen LogP contribution in [0.1, 0.15) is 21.6 Å². The third-order valence-corrected chi connectivity index (χ3v) is 5.67. The van der Waals surface area contributed by atoms with Crippen molar-refractivity contribution < 1.29 is 19.4 Å². The zero-order valence-electron chi connectivity index (χ0n) is 17.8. The van der Waals surface area contributed by atoms with E-state index in [0.29, 0.717) is 18.8 Å². The molecule has 1 aromatic heterocycles. The van der Waals surface area contributed by atoms with Gasteiger partial charge in [0.2, 0.25) is 0 Å². The van der Waals surface area contributed by atoms with E-state index < -0.39 is 17.9 Å². The summed E-state index contributed by atoms with van der Waals surface area (Å²) in [6, 6.07) is 16.3. The molecule has 0 saturated heterocycles. The van der Waals surface area contributed by atoms with Crippen LogP contribution in [0.25, 0.3) is 0 Å². The second kappa shape index (κ2) is 11.5. The molecule has 1 amide bonds. The lowest BCUT2D eigenvalue weighted by Gasteiger charge is -2.16. The molecule has 2 aromatic carbocycles. The highest BCUT2D eigenvalue weighted by atomic mass is 35.5. The van der Waals surface area contributed by atoms with Crippen molar-refractivity contribution in [1.82, 2.24) is 10.3 Å². The molecule has 0 unspecified atom stereocenters. The number of hydrogen-bond acceptors (Lipinski definition) is 5. The molecule has 0 radical (unpaired) electrons. The average molecular weight is 488 g/mol. The Morgan fingerprint density at radius 2 is 1.79 bits per heavy atom. The number of aliphatic carboxylic acids is 1. The standard InChI is InChI=1S/C24H23Cl2N3O4/c1-27-21-7-2-4-16(28-21)12-13-33-17-10-8-15(9-11-17)14-20(24(31)32)29-23(30)18-5-3-6-19(25)22(18)26/h2-11,20H,12-14H2,1H3,(H,27,28)(H,29,30)(H,31,32)/t20-/m0/s1. The Kier molecular flexibility index (Phi) is 8.52. The number of carbonyl (C=O) groups is 2. The summed E-state index contributed by atoms with van der Waals surface area (Å²) in [5.41, 5.74) is 1.77. The van der Waals surface area contributed by atoms with E-state index in [1.54, 1.807) is 36.4 Å². The fourth-order valence-electron chi connectivity index (χ4n) is 3.10. The van der Waals surface area contributed by atoms with E-state index in [4.69, 9.17) is 27.9 Å². The summed E-state index contributed by atoms with van der Waals surface area (Å²) in [5.74, 6) is -0.302. The topological polar surface area (TPSA) is 101 Å². The quantitative estimate of drug-likeness (QED) is 0.389. The Labute approximate surface area is 201 Å². The molecule has 1 atom stereocenters. The average Bonchev–Trinajstić information content (AvgIpc) is 2.81. The number of aromatic nitrogens is 1. The van der Waals surface area contributed by atoms with Gasteiger partial charge >= 0.3 is 5.97 Å². The molecule has 0 saturated carbocycles. The van der Waals surface area contributed by atoms with Gasteiger partial charge in [0.25, 0.3) is 5.91 Å². The van der Waals surface area contributed by atoms with Gasteiger partial charge in [0.05, 0.1) is 22.2 Å². The Hall–Kier alpha value is -3.29. The maximum atomic E-state index is 12.5. The van der Waals surface area contributed by atoms with Crippen molar-refractivity contribution in [2.45, 2.75) is 18.9 Å². The highest BCUT2D eigenvalue weighted by Gasteiger charge is 2.23. The van der Waals surface area contributed by atoms with Crippen LogP contribution in [0.5, 0.6) is 5.75 Å². The SMILES string of the molecule is CNc1cccc(CCOc2ccc(C[C@H](NC(=O)c3cccc(Cl)c3Cl)C(=O)O)cc2)n1. The van der Waals surface area contributed by atoms with Gasteiger partial charge in [-0.1, -0.05) is 47.5 Å². The first-order valence-electron chi connectivity index (χ1n) is 10.2. The molecule has 0 spiro atoms. The number of nitrogens with one attached hydrogen (secondary N) is 2. The molecule has 9 heteroatoms. The molecule has 33 heavy (non-hydrogen) atoms. The Morgan fingerprint density at radius 3 is 2.48 bits per heavy atom. The summed E-state index contributed by atoms with van der Waals surface area (Å²) in [5, 5.41) is 15.4. The van der Waals surface area contributed by atoms with Gasteiger partial charge in [0.1, 0.15) is 17.6 Å². The normalized spacial score (nSPS) is 11.5. The van der Waals surface area contributed by atoms with Gasteiger partial charge < -0.3 is 20.5 Å². The predicted molar refractivity (Wildman–Crippen MR) is 128 cm³/mol. The Balaban J connectivity index is 1.56. The molecule has 3 N–H and O–H groups in total. The number of benzene rings is 2. The summed E-state index contributed by atoms with van der Waals surface area (Å²) in [7, 11) is 1.82. The first kappa shape index (κ1) is 24.4. The van der Waals surface area contributed by atoms with Crippen molar-refractivity contribution >= 4 is 40.9 Å². The summed E-state index contributed by atoms with van der Waals surface area (Å²) >= 11 is 12.0. The molecule has 1 heterocycles. The summed E-state index contributed by atoms with van der Waals surface area (Å²) in [6.45, 7) is 0.452. The molecule has 3 aromatic rings. The van der Waals surface area contributed by atoms with Gasteiger partial charge in [-0.3, -0.25) is 4.79 Å². The van der Waals surface area contributed by atoms with E-state index in [9.17, 15) is 14.7 Å². The molecular weight excluding hydrogens is 465 g/mol. The number of carboxylic acid groups (broad SMARTS) is 1. The van der Waals surface area contributed by atoms with E-state index >= 15 is 0 Å². The molecule has 172 valence electrons. The lowest BCUT2D eigenvalue weighted by molar-refractivity contribution is -0.139. The second-order valence-corrected chi connectivity index (χ2v) is 7.96. The van der Waals surface area contributed by atoms with Crippen LogP contribution in [0.4, 0.5) is 5.82 Å². The fraction of sp³-hybridized carbons (Fsp3) is 0.208. The summed E-state index contributed by atoms with van der Waals surface area (Å²) < 4.78 is 5.76. The fourth-order valence-corrected chi connectivity index (χ4v) is 3.49. The number of rotatable bonds is 10. The molecule has 0 aliphatic rings. The van der Waals surface area contributed by atoms with Crippen LogP contribution in [0, 0.1) is 0 Å². The lowest BCUT2D eigenvalue weighted by Crippen LogP contribution is -2.42. The van der Waals surface area contributed by atoms with E-state index in [1.807, 2.05) is 25.2 Å². The van der Waals surface area contributed by atoms with Crippen molar-refractivity contribution in [3.63, 3.8) is 0 Å². The van der Waals surface area contributed by atoms with E-state index in [1.165, 1.54) is 6.07 Å². The minimum absolute atomic E-state index is 0.0789. The number of halogens is 2. The van der Waals surface area contributed by atoms with Crippen LogP contribution in [0.2, 0.25) is 10.0 Å². The van der Waals surface area contributed by atoms with Crippen molar-refractivity contribution in [3.8, 4) is 5.75 Å². The Bertz CT molecular complexity index is 1120. The number of nitrogens with zero attached hydrogens (tertiary/aromatic N) is 1. The van der Waals surface area contributed by atoms with Gasteiger partial charge in [-0.25, -0.2) is 9.78 Å². The van der Waals surface area contributed by atoms with Gasteiger partial charge in [0, 0.05) is 25.6 Å². The minimum atomic E-state index is -1.15. The first-order chi connectivity index (χ1) is 15.9. The summed E-state index contributed by atoms with van der Waals surface area (Å²) in [4.78, 5) is 28.7. The minimum Gasteiger partial charge on any atom is -0.493 e. The largest absolute Gasteiger partial charge is 0.493 e. The number of amides is 1. The van der Waals surface area contributed by atoms with E-state index in [0.717, 1.165) is 17.1 Å². The Morgan fingerprint density at radius 1 is 1.06 bits per heavy atom. The summed E-state index contributed by atoms with van der Waals surface area (Å²) in [6.07, 6.45) is 0.747. The third-order valence-electron chi connectivity index (χ3n) is 4.85. The van der Waals surface area contributed by atoms with Gasteiger partial charge in [-0.05, 0) is 42.0 Å². The van der Waals surface area contributed by atoms with Crippen LogP contribution < -0.4 is 15.4 Å². The number of ether oxygens (including phenoxy) is 1.